The van der Waals surface area contributed by atoms with Gasteiger partial charge in [-0.15, -0.1) is 23.2 Å². The Hall–Kier alpha value is -0.650. The van der Waals surface area contributed by atoms with Crippen molar-refractivity contribution in [3.05, 3.63) is 33.9 Å². The first kappa shape index (κ1) is 17.4. The standard InChI is InChI=1S/C11H14Cl2NO5P/c1-9-2-3-10(8-11(9)14(15)16)20(17,18-6-4-12)19-7-5-13/h2-3,8H,4-7H2,1H3. The molecule has 0 aromatic heterocycles. The molecule has 0 fully saturated rings. The Balaban J connectivity index is 3.16. The third-order valence-electron chi connectivity index (χ3n) is 2.38. The number of nitro groups is 1. The van der Waals surface area contributed by atoms with E-state index >= 15 is 0 Å². The first-order valence-corrected chi connectivity index (χ1v) is 8.32. The van der Waals surface area contributed by atoms with Crippen LogP contribution in [-0.4, -0.2) is 29.9 Å². The predicted molar refractivity (Wildman–Crippen MR) is 78.4 cm³/mol. The van der Waals surface area contributed by atoms with E-state index in [0.29, 0.717) is 5.56 Å². The normalized spacial score (nSPS) is 11.6. The van der Waals surface area contributed by atoms with Gasteiger partial charge in [0, 0.05) is 23.4 Å². The Morgan fingerprint density at radius 2 is 1.80 bits per heavy atom. The molecule has 0 unspecified atom stereocenters. The Kier molecular flexibility index (Phi) is 6.92. The van der Waals surface area contributed by atoms with Crippen LogP contribution in [0.4, 0.5) is 5.69 Å². The van der Waals surface area contributed by atoms with Gasteiger partial charge in [0.25, 0.3) is 5.69 Å². The molecule has 0 atom stereocenters. The molecule has 6 nitrogen and oxygen atoms in total. The van der Waals surface area contributed by atoms with Crippen LogP contribution in [0.25, 0.3) is 0 Å². The molecule has 0 saturated carbocycles. The van der Waals surface area contributed by atoms with Gasteiger partial charge in [0.05, 0.1) is 23.4 Å². The largest absolute Gasteiger partial charge is 0.361 e. The Bertz CT molecular complexity index is 514. The minimum absolute atomic E-state index is 0.00277. The SMILES string of the molecule is Cc1ccc(P(=O)(OCCCl)OCCCl)cc1[N+](=O)[O-]. The highest BCUT2D eigenvalue weighted by Crippen LogP contribution is 2.47. The summed E-state index contributed by atoms with van der Waals surface area (Å²) in [6, 6.07) is 4.17. The number of benzene rings is 1. The van der Waals surface area contributed by atoms with Gasteiger partial charge in [-0.1, -0.05) is 6.07 Å². The molecule has 9 heteroatoms. The molecule has 0 aliphatic carbocycles. The molecule has 112 valence electrons. The maximum atomic E-state index is 12.6. The summed E-state index contributed by atoms with van der Waals surface area (Å²) in [6.45, 7) is 1.59. The lowest BCUT2D eigenvalue weighted by atomic mass is 10.2. The number of hydrogen-bond acceptors (Lipinski definition) is 5. The zero-order chi connectivity index (χ0) is 15.2. The fraction of sp³-hybridized carbons (Fsp3) is 0.455. The minimum atomic E-state index is -3.66. The lowest BCUT2D eigenvalue weighted by molar-refractivity contribution is -0.385. The van der Waals surface area contributed by atoms with Crippen LogP contribution < -0.4 is 5.30 Å². The quantitative estimate of drug-likeness (QED) is 0.314. The maximum Gasteiger partial charge on any atom is 0.361 e. The van der Waals surface area contributed by atoms with Gasteiger partial charge in [-0.2, -0.15) is 0 Å². The lowest BCUT2D eigenvalue weighted by Crippen LogP contribution is -2.13. The topological polar surface area (TPSA) is 78.7 Å². The Labute approximate surface area is 126 Å². The Morgan fingerprint density at radius 3 is 2.25 bits per heavy atom. The van der Waals surface area contributed by atoms with Crippen molar-refractivity contribution < 1.29 is 18.5 Å². The summed E-state index contributed by atoms with van der Waals surface area (Å²) in [4.78, 5) is 10.4. The summed E-state index contributed by atoms with van der Waals surface area (Å²) < 4.78 is 23.0. The maximum absolute atomic E-state index is 12.6. The summed E-state index contributed by atoms with van der Waals surface area (Å²) in [5, 5.41) is 11.0. The van der Waals surface area contributed by atoms with Crippen molar-refractivity contribution in [1.82, 2.24) is 0 Å². The van der Waals surface area contributed by atoms with Crippen LogP contribution in [-0.2, 0) is 13.6 Å². The van der Waals surface area contributed by atoms with Gasteiger partial charge in [-0.05, 0) is 13.0 Å². The number of aryl methyl sites for hydroxylation is 1. The average Bonchev–Trinajstić information content (AvgIpc) is 2.43. The van der Waals surface area contributed by atoms with Gasteiger partial charge in [0.15, 0.2) is 0 Å². The van der Waals surface area contributed by atoms with Crippen molar-refractivity contribution in [3.8, 4) is 0 Å². The molecular weight excluding hydrogens is 328 g/mol. The first-order chi connectivity index (χ1) is 9.44. The number of nitrogens with zero attached hydrogens (tertiary/aromatic N) is 1. The highest BCUT2D eigenvalue weighted by atomic mass is 35.5. The fourth-order valence-electron chi connectivity index (χ4n) is 1.46. The summed E-state index contributed by atoms with van der Waals surface area (Å²) >= 11 is 11.0. The van der Waals surface area contributed by atoms with Gasteiger partial charge >= 0.3 is 7.60 Å². The second-order valence-electron chi connectivity index (χ2n) is 3.77. The zero-order valence-corrected chi connectivity index (χ0v) is 13.2. The van der Waals surface area contributed by atoms with Crippen LogP contribution in [0.2, 0.25) is 0 Å². The van der Waals surface area contributed by atoms with E-state index in [1.54, 1.807) is 6.92 Å². The molecule has 0 heterocycles. The Morgan fingerprint density at radius 1 is 1.25 bits per heavy atom. The highest BCUT2D eigenvalue weighted by molar-refractivity contribution is 7.62. The van der Waals surface area contributed by atoms with Crippen molar-refractivity contribution in [2.24, 2.45) is 0 Å². The van der Waals surface area contributed by atoms with Gasteiger partial charge < -0.3 is 9.05 Å². The summed E-state index contributed by atoms with van der Waals surface area (Å²) in [5.74, 6) is 0.254. The molecule has 1 aromatic carbocycles. The third kappa shape index (κ3) is 4.43. The van der Waals surface area contributed by atoms with Crippen LogP contribution in [0.1, 0.15) is 5.56 Å². The molecule has 0 aliphatic heterocycles. The number of rotatable bonds is 8. The molecule has 0 N–H and O–H groups in total. The predicted octanol–water partition coefficient (Wildman–Crippen LogP) is 3.23. The summed E-state index contributed by atoms with van der Waals surface area (Å²) in [7, 11) is -3.66. The number of alkyl halides is 2. The molecule has 0 spiro atoms. The van der Waals surface area contributed by atoms with Crippen LogP contribution in [0.3, 0.4) is 0 Å². The summed E-state index contributed by atoms with van der Waals surface area (Å²) in [6.07, 6.45) is 0. The van der Waals surface area contributed by atoms with E-state index < -0.39 is 12.5 Å². The third-order valence-corrected chi connectivity index (χ3v) is 4.65. The minimum Gasteiger partial charge on any atom is -0.304 e. The van der Waals surface area contributed by atoms with E-state index in [0.717, 1.165) is 0 Å². The number of nitro benzene ring substituents is 1. The smallest absolute Gasteiger partial charge is 0.304 e. The molecule has 20 heavy (non-hydrogen) atoms. The van der Waals surface area contributed by atoms with Gasteiger partial charge in [-0.3, -0.25) is 14.7 Å². The fourth-order valence-corrected chi connectivity index (χ4v) is 3.40. The zero-order valence-electron chi connectivity index (χ0n) is 10.8. The van der Waals surface area contributed by atoms with Crippen molar-refractivity contribution in [2.45, 2.75) is 6.92 Å². The van der Waals surface area contributed by atoms with Gasteiger partial charge in [-0.25, -0.2) is 0 Å². The molecular formula is C11H14Cl2NO5P. The van der Waals surface area contributed by atoms with Crippen LogP contribution in [0, 0.1) is 17.0 Å². The monoisotopic (exact) mass is 341 g/mol. The number of halogens is 2. The van der Waals surface area contributed by atoms with E-state index in [4.69, 9.17) is 32.2 Å². The van der Waals surface area contributed by atoms with E-state index in [-0.39, 0.29) is 36.0 Å². The van der Waals surface area contributed by atoms with E-state index in [9.17, 15) is 14.7 Å². The van der Waals surface area contributed by atoms with Gasteiger partial charge in [0.1, 0.15) is 0 Å². The highest BCUT2D eigenvalue weighted by Gasteiger charge is 2.29. The molecule has 0 amide bonds. The van der Waals surface area contributed by atoms with Crippen molar-refractivity contribution >= 4 is 41.8 Å². The lowest BCUT2D eigenvalue weighted by Gasteiger charge is -2.18. The molecule has 0 aliphatic rings. The second kappa shape index (κ2) is 7.96. The molecule has 1 rings (SSSR count). The van der Waals surface area contributed by atoms with E-state index in [1.165, 1.54) is 18.2 Å². The van der Waals surface area contributed by atoms with Crippen molar-refractivity contribution in [2.75, 3.05) is 25.0 Å². The van der Waals surface area contributed by atoms with Crippen LogP contribution in [0.15, 0.2) is 18.2 Å². The summed E-state index contributed by atoms with van der Waals surface area (Å²) in [5.41, 5.74) is 0.312. The second-order valence-corrected chi connectivity index (χ2v) is 6.55. The van der Waals surface area contributed by atoms with Crippen molar-refractivity contribution in [3.63, 3.8) is 0 Å². The molecule has 0 radical (unpaired) electrons. The van der Waals surface area contributed by atoms with Gasteiger partial charge in [0.2, 0.25) is 0 Å². The molecule has 0 saturated heterocycles. The first-order valence-electron chi connectivity index (χ1n) is 5.71. The molecule has 1 aromatic rings. The number of hydrogen-bond donors (Lipinski definition) is 0. The van der Waals surface area contributed by atoms with E-state index in [2.05, 4.69) is 0 Å². The average molecular weight is 342 g/mol. The molecule has 0 bridgehead atoms. The van der Waals surface area contributed by atoms with Crippen LogP contribution in [0.5, 0.6) is 0 Å². The van der Waals surface area contributed by atoms with Crippen molar-refractivity contribution in [1.29, 1.82) is 0 Å². The van der Waals surface area contributed by atoms with Crippen LogP contribution >= 0.6 is 30.8 Å². The van der Waals surface area contributed by atoms with E-state index in [1.807, 2.05) is 0 Å².